The number of rotatable bonds is 15. The highest BCUT2D eigenvalue weighted by Crippen LogP contribution is 2.25. The van der Waals surface area contributed by atoms with Gasteiger partial charge in [-0.2, -0.15) is 0 Å². The molecule has 2 heteroatoms. The van der Waals surface area contributed by atoms with E-state index in [0.717, 1.165) is 32.1 Å². The van der Waals surface area contributed by atoms with Crippen molar-refractivity contribution in [2.24, 2.45) is 0 Å². The smallest absolute Gasteiger partial charge is 0.0669 e. The van der Waals surface area contributed by atoms with E-state index in [2.05, 4.69) is 13.8 Å². The standard InChI is InChI=1S/C18H38O2/c1-3-5-7-8-9-10-11-12-13-15-18(20,16-17-19)14-6-4-2/h19-20H,3-17H2,1-2H3. The van der Waals surface area contributed by atoms with Gasteiger partial charge in [0.2, 0.25) is 0 Å². The third-order valence-electron chi connectivity index (χ3n) is 4.32. The summed E-state index contributed by atoms with van der Waals surface area (Å²) in [6.45, 7) is 4.52. The molecule has 0 aliphatic carbocycles. The van der Waals surface area contributed by atoms with Crippen molar-refractivity contribution >= 4 is 0 Å². The Labute approximate surface area is 127 Å². The Morgan fingerprint density at radius 3 is 1.55 bits per heavy atom. The van der Waals surface area contributed by atoms with Crippen molar-refractivity contribution in [1.82, 2.24) is 0 Å². The van der Waals surface area contributed by atoms with Crippen molar-refractivity contribution in [1.29, 1.82) is 0 Å². The molecule has 20 heavy (non-hydrogen) atoms. The van der Waals surface area contributed by atoms with Crippen LogP contribution in [-0.2, 0) is 0 Å². The highest BCUT2D eigenvalue weighted by Gasteiger charge is 2.24. The summed E-state index contributed by atoms with van der Waals surface area (Å²) in [5.74, 6) is 0. The Balaban J connectivity index is 3.53. The highest BCUT2D eigenvalue weighted by atomic mass is 16.3. The molecule has 0 rings (SSSR count). The van der Waals surface area contributed by atoms with E-state index in [1.807, 2.05) is 0 Å². The molecule has 122 valence electrons. The first-order chi connectivity index (χ1) is 9.68. The third kappa shape index (κ3) is 11.7. The Morgan fingerprint density at radius 2 is 1.05 bits per heavy atom. The van der Waals surface area contributed by atoms with Crippen LogP contribution in [0.3, 0.4) is 0 Å². The van der Waals surface area contributed by atoms with E-state index in [9.17, 15) is 5.11 Å². The lowest BCUT2D eigenvalue weighted by atomic mass is 9.87. The molecule has 0 spiro atoms. The maximum Gasteiger partial charge on any atom is 0.0669 e. The summed E-state index contributed by atoms with van der Waals surface area (Å²) in [5.41, 5.74) is -0.605. The average Bonchev–Trinajstić information content (AvgIpc) is 2.44. The van der Waals surface area contributed by atoms with Gasteiger partial charge in [0, 0.05) is 6.61 Å². The van der Waals surface area contributed by atoms with Gasteiger partial charge in [0.1, 0.15) is 0 Å². The van der Waals surface area contributed by atoms with Gasteiger partial charge in [0.05, 0.1) is 5.60 Å². The molecule has 0 aliphatic heterocycles. The minimum Gasteiger partial charge on any atom is -0.396 e. The van der Waals surface area contributed by atoms with Crippen LogP contribution >= 0.6 is 0 Å². The summed E-state index contributed by atoms with van der Waals surface area (Å²) >= 11 is 0. The molecule has 0 radical (unpaired) electrons. The van der Waals surface area contributed by atoms with E-state index in [4.69, 9.17) is 5.11 Å². The number of hydrogen-bond acceptors (Lipinski definition) is 2. The zero-order valence-corrected chi connectivity index (χ0v) is 14.0. The van der Waals surface area contributed by atoms with Crippen molar-refractivity contribution < 1.29 is 10.2 Å². The summed E-state index contributed by atoms with van der Waals surface area (Å²) in [6.07, 6.45) is 16.3. The summed E-state index contributed by atoms with van der Waals surface area (Å²) in [7, 11) is 0. The van der Waals surface area contributed by atoms with Crippen LogP contribution in [0.4, 0.5) is 0 Å². The molecule has 1 unspecified atom stereocenters. The van der Waals surface area contributed by atoms with Gasteiger partial charge >= 0.3 is 0 Å². The maximum absolute atomic E-state index is 10.5. The van der Waals surface area contributed by atoms with E-state index in [-0.39, 0.29) is 6.61 Å². The minimum atomic E-state index is -0.605. The fourth-order valence-corrected chi connectivity index (χ4v) is 2.85. The van der Waals surface area contributed by atoms with E-state index in [1.165, 1.54) is 51.4 Å². The van der Waals surface area contributed by atoms with Crippen LogP contribution in [0.5, 0.6) is 0 Å². The molecule has 0 aliphatic rings. The molecular formula is C18H38O2. The minimum absolute atomic E-state index is 0.109. The molecule has 0 heterocycles. The maximum atomic E-state index is 10.5. The van der Waals surface area contributed by atoms with Crippen molar-refractivity contribution in [3.8, 4) is 0 Å². The SMILES string of the molecule is CCCCCCCCCCCC(O)(CCO)CCCC. The predicted octanol–water partition coefficient (Wildman–Crippen LogP) is 5.21. The zero-order chi connectivity index (χ0) is 15.1. The molecular weight excluding hydrogens is 248 g/mol. The number of hydrogen-bond donors (Lipinski definition) is 2. The normalized spacial score (nSPS) is 14.4. The van der Waals surface area contributed by atoms with Crippen LogP contribution < -0.4 is 0 Å². The topological polar surface area (TPSA) is 40.5 Å². The molecule has 0 saturated carbocycles. The quantitative estimate of drug-likeness (QED) is 0.406. The van der Waals surface area contributed by atoms with Gasteiger partial charge in [-0.15, -0.1) is 0 Å². The number of aliphatic hydroxyl groups is 2. The molecule has 0 aromatic rings. The van der Waals surface area contributed by atoms with Gasteiger partial charge in [-0.25, -0.2) is 0 Å². The van der Waals surface area contributed by atoms with Crippen molar-refractivity contribution in [2.75, 3.05) is 6.61 Å². The average molecular weight is 286 g/mol. The largest absolute Gasteiger partial charge is 0.396 e. The second-order valence-corrected chi connectivity index (χ2v) is 6.38. The summed E-state index contributed by atoms with van der Waals surface area (Å²) in [5, 5.41) is 19.6. The molecule has 0 amide bonds. The summed E-state index contributed by atoms with van der Waals surface area (Å²) in [4.78, 5) is 0. The lowest BCUT2D eigenvalue weighted by Gasteiger charge is -2.27. The van der Waals surface area contributed by atoms with Crippen molar-refractivity contribution in [3.05, 3.63) is 0 Å². The molecule has 0 fully saturated rings. The highest BCUT2D eigenvalue weighted by molar-refractivity contribution is 4.77. The summed E-state index contributed by atoms with van der Waals surface area (Å²) < 4.78 is 0. The fourth-order valence-electron chi connectivity index (χ4n) is 2.85. The van der Waals surface area contributed by atoms with Crippen molar-refractivity contribution in [3.63, 3.8) is 0 Å². The second kappa shape index (κ2) is 13.9. The second-order valence-electron chi connectivity index (χ2n) is 6.38. The Bertz CT molecular complexity index is 194. The van der Waals surface area contributed by atoms with Crippen molar-refractivity contribution in [2.45, 2.75) is 109 Å². The zero-order valence-electron chi connectivity index (χ0n) is 14.0. The number of aliphatic hydroxyl groups excluding tert-OH is 1. The Morgan fingerprint density at radius 1 is 0.600 bits per heavy atom. The van der Waals surface area contributed by atoms with Crippen LogP contribution in [-0.4, -0.2) is 22.4 Å². The van der Waals surface area contributed by atoms with Crippen LogP contribution in [0.15, 0.2) is 0 Å². The molecule has 0 aromatic carbocycles. The van der Waals surface area contributed by atoms with Gasteiger partial charge in [-0.3, -0.25) is 0 Å². The van der Waals surface area contributed by atoms with Gasteiger partial charge < -0.3 is 10.2 Å². The molecule has 0 saturated heterocycles. The summed E-state index contributed by atoms with van der Waals surface area (Å²) in [6, 6.07) is 0. The Hall–Kier alpha value is -0.0800. The van der Waals surface area contributed by atoms with Crippen LogP contribution in [0, 0.1) is 0 Å². The molecule has 2 N–H and O–H groups in total. The first-order valence-electron chi connectivity index (χ1n) is 9.01. The molecule has 1 atom stereocenters. The van der Waals surface area contributed by atoms with E-state index < -0.39 is 5.60 Å². The third-order valence-corrected chi connectivity index (χ3v) is 4.32. The lowest BCUT2D eigenvalue weighted by Crippen LogP contribution is -2.29. The van der Waals surface area contributed by atoms with Gasteiger partial charge in [-0.1, -0.05) is 84.5 Å². The van der Waals surface area contributed by atoms with Crippen LogP contribution in [0.1, 0.15) is 104 Å². The first kappa shape index (κ1) is 19.9. The molecule has 0 bridgehead atoms. The van der Waals surface area contributed by atoms with E-state index in [0.29, 0.717) is 6.42 Å². The lowest BCUT2D eigenvalue weighted by molar-refractivity contribution is -0.00372. The molecule has 2 nitrogen and oxygen atoms in total. The Kier molecular flexibility index (Phi) is 13.8. The molecule has 0 aromatic heterocycles. The van der Waals surface area contributed by atoms with Crippen LogP contribution in [0.2, 0.25) is 0 Å². The predicted molar refractivity (Wildman–Crippen MR) is 88.0 cm³/mol. The fraction of sp³-hybridized carbons (Fsp3) is 1.00. The first-order valence-corrected chi connectivity index (χ1v) is 9.01. The monoisotopic (exact) mass is 286 g/mol. The van der Waals surface area contributed by atoms with E-state index >= 15 is 0 Å². The number of unbranched alkanes of at least 4 members (excludes halogenated alkanes) is 9. The van der Waals surface area contributed by atoms with Gasteiger partial charge in [-0.05, 0) is 19.3 Å². The van der Waals surface area contributed by atoms with Gasteiger partial charge in [0.25, 0.3) is 0 Å². The van der Waals surface area contributed by atoms with Gasteiger partial charge in [0.15, 0.2) is 0 Å². The van der Waals surface area contributed by atoms with E-state index in [1.54, 1.807) is 0 Å². The van der Waals surface area contributed by atoms with Crippen LogP contribution in [0.25, 0.3) is 0 Å².